The molecule has 4 heteroatoms. The van der Waals surface area contributed by atoms with Gasteiger partial charge in [0.2, 0.25) is 0 Å². The maximum Gasteiger partial charge on any atom is 0.0446 e. The lowest BCUT2D eigenvalue weighted by atomic mass is 10.2. The van der Waals surface area contributed by atoms with E-state index in [2.05, 4.69) is 22.3 Å². The fourth-order valence-corrected chi connectivity index (χ4v) is 3.21. The second kappa shape index (κ2) is 7.27. The van der Waals surface area contributed by atoms with Gasteiger partial charge in [0.05, 0.1) is 0 Å². The molecule has 0 unspecified atom stereocenters. The number of hydrogen-bond donors (Lipinski definition) is 1. The summed E-state index contributed by atoms with van der Waals surface area (Å²) in [5.41, 5.74) is 1.25. The molecule has 0 saturated carbocycles. The molecule has 1 heterocycles. The van der Waals surface area contributed by atoms with E-state index in [1.54, 1.807) is 0 Å². The van der Waals surface area contributed by atoms with Gasteiger partial charge < -0.3 is 5.32 Å². The molecule has 17 heavy (non-hydrogen) atoms. The lowest BCUT2D eigenvalue weighted by Crippen LogP contribution is -2.44. The summed E-state index contributed by atoms with van der Waals surface area (Å²) < 4.78 is 0. The Hall–Kier alpha value is -0.220. The fourth-order valence-electron chi connectivity index (χ4n) is 1.93. The van der Waals surface area contributed by atoms with Crippen LogP contribution in [0.1, 0.15) is 5.56 Å². The Labute approximate surface area is 113 Å². The molecule has 0 atom stereocenters. The van der Waals surface area contributed by atoms with Crippen LogP contribution in [0, 0.1) is 0 Å². The van der Waals surface area contributed by atoms with Crippen molar-refractivity contribution in [1.82, 2.24) is 10.2 Å². The van der Waals surface area contributed by atoms with E-state index in [4.69, 9.17) is 11.6 Å². The minimum absolute atomic E-state index is 0.891. The minimum atomic E-state index is 0.891. The number of rotatable bonds is 5. The van der Waals surface area contributed by atoms with E-state index in [9.17, 15) is 0 Å². The molecule has 1 aromatic rings. The Kier molecular flexibility index (Phi) is 5.65. The SMILES string of the molecule is Clc1ccccc1CSCCN1CCNCC1. The summed E-state index contributed by atoms with van der Waals surface area (Å²) in [6, 6.07) is 8.11. The molecule has 0 bridgehead atoms. The zero-order valence-electron chi connectivity index (χ0n) is 9.99. The van der Waals surface area contributed by atoms with E-state index < -0.39 is 0 Å². The van der Waals surface area contributed by atoms with Crippen LogP contribution in [0.2, 0.25) is 5.02 Å². The lowest BCUT2D eigenvalue weighted by Gasteiger charge is -2.26. The summed E-state index contributed by atoms with van der Waals surface area (Å²) in [6.07, 6.45) is 0. The Balaban J connectivity index is 1.64. The normalized spacial score (nSPS) is 17.2. The molecule has 0 aromatic heterocycles. The summed E-state index contributed by atoms with van der Waals surface area (Å²) in [7, 11) is 0. The molecule has 0 amide bonds. The first kappa shape index (κ1) is 13.2. The zero-order chi connectivity index (χ0) is 11.9. The first-order valence-corrected chi connectivity index (χ1v) is 7.64. The van der Waals surface area contributed by atoms with Gasteiger partial charge in [-0.25, -0.2) is 0 Å². The molecular weight excluding hydrogens is 252 g/mol. The van der Waals surface area contributed by atoms with Gasteiger partial charge in [-0.1, -0.05) is 29.8 Å². The molecule has 94 valence electrons. The van der Waals surface area contributed by atoms with Crippen LogP contribution in [-0.2, 0) is 5.75 Å². The number of thioether (sulfide) groups is 1. The third kappa shape index (κ3) is 4.51. The number of halogens is 1. The molecule has 0 spiro atoms. The summed E-state index contributed by atoms with van der Waals surface area (Å²) >= 11 is 8.09. The van der Waals surface area contributed by atoms with E-state index in [1.165, 1.54) is 31.0 Å². The molecule has 1 saturated heterocycles. The summed E-state index contributed by atoms with van der Waals surface area (Å²) in [5.74, 6) is 2.21. The molecule has 1 aromatic carbocycles. The van der Waals surface area contributed by atoms with Crippen molar-refractivity contribution in [2.24, 2.45) is 0 Å². The molecule has 1 aliphatic heterocycles. The Morgan fingerprint density at radius 2 is 2.00 bits per heavy atom. The molecule has 1 aliphatic rings. The van der Waals surface area contributed by atoms with Gasteiger partial charge in [0.15, 0.2) is 0 Å². The zero-order valence-corrected chi connectivity index (χ0v) is 11.6. The van der Waals surface area contributed by atoms with Crippen LogP contribution in [-0.4, -0.2) is 43.4 Å². The lowest BCUT2D eigenvalue weighted by molar-refractivity contribution is 0.255. The van der Waals surface area contributed by atoms with E-state index in [1.807, 2.05) is 23.9 Å². The van der Waals surface area contributed by atoms with Gasteiger partial charge in [0.25, 0.3) is 0 Å². The Morgan fingerprint density at radius 3 is 2.76 bits per heavy atom. The van der Waals surface area contributed by atoms with Gasteiger partial charge in [0.1, 0.15) is 0 Å². The first-order chi connectivity index (χ1) is 8.36. The molecule has 0 radical (unpaired) electrons. The van der Waals surface area contributed by atoms with Crippen molar-refractivity contribution in [3.05, 3.63) is 34.9 Å². The fraction of sp³-hybridized carbons (Fsp3) is 0.538. The quantitative estimate of drug-likeness (QED) is 0.828. The molecule has 0 aliphatic carbocycles. The number of hydrogen-bond acceptors (Lipinski definition) is 3. The highest BCUT2D eigenvalue weighted by atomic mass is 35.5. The molecule has 2 nitrogen and oxygen atoms in total. The monoisotopic (exact) mass is 270 g/mol. The standard InChI is InChI=1S/C13H19ClN2S/c14-13-4-2-1-3-12(13)11-17-10-9-16-7-5-15-6-8-16/h1-4,15H,5-11H2. The summed E-state index contributed by atoms with van der Waals surface area (Å²) in [4.78, 5) is 2.52. The molecule has 1 fully saturated rings. The van der Waals surface area contributed by atoms with E-state index in [0.717, 1.165) is 23.9 Å². The van der Waals surface area contributed by atoms with Gasteiger partial charge in [0, 0.05) is 49.3 Å². The average molecular weight is 271 g/mol. The van der Waals surface area contributed by atoms with Crippen molar-refractivity contribution < 1.29 is 0 Å². The van der Waals surface area contributed by atoms with E-state index in [-0.39, 0.29) is 0 Å². The van der Waals surface area contributed by atoms with Crippen LogP contribution in [0.4, 0.5) is 0 Å². The van der Waals surface area contributed by atoms with Crippen LogP contribution >= 0.6 is 23.4 Å². The number of benzene rings is 1. The van der Waals surface area contributed by atoms with Crippen molar-refractivity contribution in [2.75, 3.05) is 38.5 Å². The topological polar surface area (TPSA) is 15.3 Å². The number of nitrogens with zero attached hydrogens (tertiary/aromatic N) is 1. The van der Waals surface area contributed by atoms with Crippen LogP contribution in [0.3, 0.4) is 0 Å². The highest BCUT2D eigenvalue weighted by molar-refractivity contribution is 7.98. The van der Waals surface area contributed by atoms with Gasteiger partial charge >= 0.3 is 0 Å². The average Bonchev–Trinajstić information content (AvgIpc) is 2.38. The number of nitrogens with one attached hydrogen (secondary N) is 1. The third-order valence-electron chi connectivity index (χ3n) is 2.98. The van der Waals surface area contributed by atoms with Crippen LogP contribution in [0.15, 0.2) is 24.3 Å². The van der Waals surface area contributed by atoms with Crippen LogP contribution < -0.4 is 5.32 Å². The smallest absolute Gasteiger partial charge is 0.0446 e. The Bertz CT molecular complexity index is 340. The van der Waals surface area contributed by atoms with Gasteiger partial charge in [-0.2, -0.15) is 11.8 Å². The van der Waals surface area contributed by atoms with E-state index >= 15 is 0 Å². The predicted molar refractivity (Wildman–Crippen MR) is 76.9 cm³/mol. The maximum absolute atomic E-state index is 6.12. The predicted octanol–water partition coefficient (Wildman–Crippen LogP) is 2.48. The van der Waals surface area contributed by atoms with Gasteiger partial charge in [-0.05, 0) is 11.6 Å². The van der Waals surface area contributed by atoms with Crippen molar-refractivity contribution in [3.63, 3.8) is 0 Å². The second-order valence-electron chi connectivity index (χ2n) is 4.24. The summed E-state index contributed by atoms with van der Waals surface area (Å²) in [6.45, 7) is 5.83. The number of piperazine rings is 1. The second-order valence-corrected chi connectivity index (χ2v) is 5.75. The van der Waals surface area contributed by atoms with Crippen molar-refractivity contribution in [1.29, 1.82) is 0 Å². The van der Waals surface area contributed by atoms with Crippen LogP contribution in [0.5, 0.6) is 0 Å². The van der Waals surface area contributed by atoms with E-state index in [0.29, 0.717) is 0 Å². The highest BCUT2D eigenvalue weighted by Crippen LogP contribution is 2.20. The molecular formula is C13H19ClN2S. The van der Waals surface area contributed by atoms with Gasteiger partial charge in [-0.15, -0.1) is 0 Å². The maximum atomic E-state index is 6.12. The highest BCUT2D eigenvalue weighted by Gasteiger charge is 2.08. The van der Waals surface area contributed by atoms with Crippen molar-refractivity contribution >= 4 is 23.4 Å². The molecule has 2 rings (SSSR count). The summed E-state index contributed by atoms with van der Waals surface area (Å²) in [5, 5.41) is 4.26. The minimum Gasteiger partial charge on any atom is -0.314 e. The largest absolute Gasteiger partial charge is 0.314 e. The first-order valence-electron chi connectivity index (χ1n) is 6.10. The van der Waals surface area contributed by atoms with Gasteiger partial charge in [-0.3, -0.25) is 4.90 Å². The third-order valence-corrected chi connectivity index (χ3v) is 4.33. The molecule has 1 N–H and O–H groups in total. The van der Waals surface area contributed by atoms with Crippen molar-refractivity contribution in [3.8, 4) is 0 Å². The Morgan fingerprint density at radius 1 is 1.24 bits per heavy atom. The van der Waals surface area contributed by atoms with Crippen LogP contribution in [0.25, 0.3) is 0 Å². The van der Waals surface area contributed by atoms with Crippen molar-refractivity contribution in [2.45, 2.75) is 5.75 Å².